The molecule has 1 N–H and O–H groups in total. The first-order valence-corrected chi connectivity index (χ1v) is 9.24. The molecule has 0 aliphatic heterocycles. The Hall–Kier alpha value is -3.09. The van der Waals surface area contributed by atoms with Crippen LogP contribution in [0.2, 0.25) is 0 Å². The van der Waals surface area contributed by atoms with Crippen LogP contribution >= 0.6 is 0 Å². The number of esters is 1. The van der Waals surface area contributed by atoms with Gasteiger partial charge in [0.25, 0.3) is 0 Å². The van der Waals surface area contributed by atoms with Crippen molar-refractivity contribution in [1.29, 1.82) is 5.26 Å². The molecular formula is C18H18N2O6S. The number of methoxy groups -OCH3 is 2. The Morgan fingerprint density at radius 1 is 1.07 bits per heavy atom. The third-order valence-corrected chi connectivity index (χ3v) is 4.95. The zero-order valence-corrected chi connectivity index (χ0v) is 15.6. The number of rotatable bonds is 8. The van der Waals surface area contributed by atoms with E-state index in [2.05, 4.69) is 4.72 Å². The minimum atomic E-state index is -3.93. The number of nitrogens with zero attached hydrogens (tertiary/aromatic N) is 1. The molecule has 2 aromatic rings. The summed E-state index contributed by atoms with van der Waals surface area (Å²) in [4.78, 5) is 11.7. The first-order chi connectivity index (χ1) is 12.9. The van der Waals surface area contributed by atoms with Crippen LogP contribution in [0.25, 0.3) is 0 Å². The minimum absolute atomic E-state index is 0.0252. The molecule has 0 unspecified atom stereocenters. The summed E-state index contributed by atoms with van der Waals surface area (Å²) < 4.78 is 41.9. The monoisotopic (exact) mass is 390 g/mol. The summed E-state index contributed by atoms with van der Waals surface area (Å²) in [7, 11) is -1.10. The summed E-state index contributed by atoms with van der Waals surface area (Å²) in [6.07, 6.45) is 0. The predicted octanol–water partition coefficient (Wildman–Crippen LogP) is 1.60. The zero-order valence-electron chi connectivity index (χ0n) is 14.8. The molecule has 0 fully saturated rings. The van der Waals surface area contributed by atoms with Gasteiger partial charge in [0.15, 0.2) is 11.5 Å². The molecule has 0 saturated heterocycles. The first-order valence-electron chi connectivity index (χ1n) is 7.76. The van der Waals surface area contributed by atoms with Crippen LogP contribution in [0.3, 0.4) is 0 Å². The highest BCUT2D eigenvalue weighted by Gasteiger charge is 2.18. The summed E-state index contributed by atoms with van der Waals surface area (Å²) in [6.45, 7) is -0.546. The molecule has 0 heterocycles. The molecule has 0 aliphatic carbocycles. The topological polar surface area (TPSA) is 115 Å². The summed E-state index contributed by atoms with van der Waals surface area (Å²) in [5.74, 6) is -0.0922. The van der Waals surface area contributed by atoms with Crippen molar-refractivity contribution < 1.29 is 27.4 Å². The standard InChI is InChI=1S/C18H18N2O6S/c1-24-16-8-7-15(9-17(16)25-2)27(22,23)20-11-18(21)26-12-14-5-3-13(10-19)4-6-14/h3-9,20H,11-12H2,1-2H3. The fourth-order valence-electron chi connectivity index (χ4n) is 2.11. The van der Waals surface area contributed by atoms with E-state index >= 15 is 0 Å². The van der Waals surface area contributed by atoms with E-state index in [1.54, 1.807) is 24.3 Å². The molecule has 27 heavy (non-hydrogen) atoms. The number of nitriles is 1. The lowest BCUT2D eigenvalue weighted by molar-refractivity contribution is -0.143. The highest BCUT2D eigenvalue weighted by atomic mass is 32.2. The summed E-state index contributed by atoms with van der Waals surface area (Å²) in [5.41, 5.74) is 1.18. The Morgan fingerprint density at radius 2 is 1.74 bits per heavy atom. The minimum Gasteiger partial charge on any atom is -0.493 e. The van der Waals surface area contributed by atoms with E-state index in [-0.39, 0.29) is 17.3 Å². The largest absolute Gasteiger partial charge is 0.493 e. The maximum Gasteiger partial charge on any atom is 0.321 e. The van der Waals surface area contributed by atoms with Crippen LogP contribution in [0.5, 0.6) is 11.5 Å². The molecule has 2 aromatic carbocycles. The van der Waals surface area contributed by atoms with Crippen LogP contribution in [0.4, 0.5) is 0 Å². The van der Waals surface area contributed by atoms with Gasteiger partial charge < -0.3 is 14.2 Å². The number of carbonyl (C=O) groups is 1. The number of hydrogen-bond donors (Lipinski definition) is 1. The van der Waals surface area contributed by atoms with Crippen molar-refractivity contribution in [1.82, 2.24) is 4.72 Å². The van der Waals surface area contributed by atoms with Crippen molar-refractivity contribution in [2.45, 2.75) is 11.5 Å². The third kappa shape index (κ3) is 5.44. The number of nitrogens with one attached hydrogen (secondary N) is 1. The van der Waals surface area contributed by atoms with Crippen LogP contribution in [0, 0.1) is 11.3 Å². The SMILES string of the molecule is COc1ccc(S(=O)(=O)NCC(=O)OCc2ccc(C#N)cc2)cc1OC. The lowest BCUT2D eigenvalue weighted by Gasteiger charge is -2.11. The van der Waals surface area contributed by atoms with Gasteiger partial charge in [-0.15, -0.1) is 0 Å². The molecular weight excluding hydrogens is 372 g/mol. The second kappa shape index (κ2) is 9.02. The van der Waals surface area contributed by atoms with Crippen molar-refractivity contribution in [3.63, 3.8) is 0 Å². The highest BCUT2D eigenvalue weighted by Crippen LogP contribution is 2.29. The molecule has 0 atom stereocenters. The number of sulfonamides is 1. The van der Waals surface area contributed by atoms with E-state index in [9.17, 15) is 13.2 Å². The Kier molecular flexibility index (Phi) is 6.76. The number of benzene rings is 2. The van der Waals surface area contributed by atoms with Crippen LogP contribution in [0.1, 0.15) is 11.1 Å². The van der Waals surface area contributed by atoms with Gasteiger partial charge in [-0.3, -0.25) is 4.79 Å². The van der Waals surface area contributed by atoms with Gasteiger partial charge in [0.1, 0.15) is 13.2 Å². The maximum absolute atomic E-state index is 12.3. The molecule has 2 rings (SSSR count). The quantitative estimate of drug-likeness (QED) is 0.681. The van der Waals surface area contributed by atoms with E-state index in [4.69, 9.17) is 19.5 Å². The van der Waals surface area contributed by atoms with Crippen LogP contribution in [-0.4, -0.2) is 35.2 Å². The maximum atomic E-state index is 12.3. The van der Waals surface area contributed by atoms with Crippen LogP contribution in [-0.2, 0) is 26.2 Å². The van der Waals surface area contributed by atoms with Gasteiger partial charge in [-0.1, -0.05) is 12.1 Å². The van der Waals surface area contributed by atoms with Crippen LogP contribution in [0.15, 0.2) is 47.4 Å². The van der Waals surface area contributed by atoms with Gasteiger partial charge in [0.05, 0.1) is 30.7 Å². The first kappa shape index (κ1) is 20.2. The Labute approximate surface area is 157 Å². The molecule has 0 spiro atoms. The van der Waals surface area contributed by atoms with E-state index in [0.717, 1.165) is 0 Å². The van der Waals surface area contributed by atoms with Gasteiger partial charge in [0.2, 0.25) is 10.0 Å². The second-order valence-corrected chi connectivity index (χ2v) is 7.08. The van der Waals surface area contributed by atoms with Crippen molar-refractivity contribution in [2.75, 3.05) is 20.8 Å². The molecule has 0 amide bonds. The normalized spacial score (nSPS) is 10.7. The average molecular weight is 390 g/mol. The van der Waals surface area contributed by atoms with Crippen molar-refractivity contribution in [2.24, 2.45) is 0 Å². The zero-order chi connectivity index (χ0) is 19.9. The smallest absolute Gasteiger partial charge is 0.321 e. The van der Waals surface area contributed by atoms with E-state index in [0.29, 0.717) is 16.9 Å². The van der Waals surface area contributed by atoms with Crippen molar-refractivity contribution in [3.8, 4) is 17.6 Å². The van der Waals surface area contributed by atoms with Crippen molar-refractivity contribution >= 4 is 16.0 Å². The Balaban J connectivity index is 1.94. The Morgan fingerprint density at radius 3 is 2.33 bits per heavy atom. The molecule has 0 bridgehead atoms. The van der Waals surface area contributed by atoms with Gasteiger partial charge in [-0.05, 0) is 29.8 Å². The number of hydrogen-bond acceptors (Lipinski definition) is 7. The summed E-state index contributed by atoms with van der Waals surface area (Å²) in [5, 5.41) is 8.73. The molecule has 0 aliphatic rings. The molecule has 9 heteroatoms. The molecule has 0 radical (unpaired) electrons. The van der Waals surface area contributed by atoms with E-state index < -0.39 is 22.5 Å². The van der Waals surface area contributed by atoms with E-state index in [1.807, 2.05) is 6.07 Å². The number of ether oxygens (including phenoxy) is 3. The van der Waals surface area contributed by atoms with Gasteiger partial charge in [-0.25, -0.2) is 8.42 Å². The van der Waals surface area contributed by atoms with Gasteiger partial charge in [0, 0.05) is 6.07 Å². The fourth-order valence-corrected chi connectivity index (χ4v) is 3.10. The summed E-state index contributed by atoms with van der Waals surface area (Å²) >= 11 is 0. The van der Waals surface area contributed by atoms with Gasteiger partial charge >= 0.3 is 5.97 Å². The molecule has 0 saturated carbocycles. The third-order valence-electron chi connectivity index (χ3n) is 3.55. The second-order valence-electron chi connectivity index (χ2n) is 5.31. The fraction of sp³-hybridized carbons (Fsp3) is 0.222. The summed E-state index contributed by atoms with van der Waals surface area (Å²) in [6, 6.07) is 12.6. The molecule has 8 nitrogen and oxygen atoms in total. The number of carbonyl (C=O) groups excluding carboxylic acids is 1. The van der Waals surface area contributed by atoms with Gasteiger partial charge in [-0.2, -0.15) is 9.98 Å². The average Bonchev–Trinajstić information content (AvgIpc) is 2.70. The lowest BCUT2D eigenvalue weighted by atomic mass is 10.2. The van der Waals surface area contributed by atoms with E-state index in [1.165, 1.54) is 32.4 Å². The molecule has 0 aromatic heterocycles. The molecule has 142 valence electrons. The Bertz CT molecular complexity index is 949. The highest BCUT2D eigenvalue weighted by molar-refractivity contribution is 7.89. The lowest BCUT2D eigenvalue weighted by Crippen LogP contribution is -2.30. The van der Waals surface area contributed by atoms with Crippen LogP contribution < -0.4 is 14.2 Å². The van der Waals surface area contributed by atoms with Crippen molar-refractivity contribution in [3.05, 3.63) is 53.6 Å². The predicted molar refractivity (Wildman–Crippen MR) is 95.7 cm³/mol.